The van der Waals surface area contributed by atoms with Crippen molar-refractivity contribution in [2.24, 2.45) is 0 Å². The van der Waals surface area contributed by atoms with Crippen molar-refractivity contribution in [3.63, 3.8) is 0 Å². The van der Waals surface area contributed by atoms with E-state index in [9.17, 15) is 4.79 Å². The van der Waals surface area contributed by atoms with E-state index in [1.54, 1.807) is 4.90 Å². The molecule has 2 atom stereocenters. The van der Waals surface area contributed by atoms with Gasteiger partial charge in [-0.15, -0.1) is 0 Å². The van der Waals surface area contributed by atoms with Gasteiger partial charge in [0.2, 0.25) is 0 Å². The summed E-state index contributed by atoms with van der Waals surface area (Å²) in [6.07, 6.45) is -0.171. The molecule has 4 heteroatoms. The van der Waals surface area contributed by atoms with E-state index in [-0.39, 0.29) is 11.7 Å². The third-order valence-corrected chi connectivity index (χ3v) is 2.48. The van der Waals surface area contributed by atoms with Gasteiger partial charge in [0.05, 0.1) is 6.04 Å². The van der Waals surface area contributed by atoms with E-state index in [0.717, 1.165) is 13.1 Å². The van der Waals surface area contributed by atoms with Gasteiger partial charge in [0.1, 0.15) is 5.60 Å². The second kappa shape index (κ2) is 2.61. The summed E-state index contributed by atoms with van der Waals surface area (Å²) in [6.45, 7) is 7.40. The molecule has 1 N–H and O–H groups in total. The third kappa shape index (κ3) is 1.50. The molecule has 2 aliphatic heterocycles. The molecular formula is C9H16N2O2. The van der Waals surface area contributed by atoms with E-state index in [4.69, 9.17) is 4.74 Å². The maximum absolute atomic E-state index is 11.5. The zero-order chi connectivity index (χ0) is 9.64. The van der Waals surface area contributed by atoms with E-state index in [2.05, 4.69) is 5.32 Å². The lowest BCUT2D eigenvalue weighted by molar-refractivity contribution is -0.0445. The van der Waals surface area contributed by atoms with Crippen molar-refractivity contribution < 1.29 is 9.53 Å². The Morgan fingerprint density at radius 3 is 2.54 bits per heavy atom. The largest absolute Gasteiger partial charge is 0.444 e. The topological polar surface area (TPSA) is 41.6 Å². The summed E-state index contributed by atoms with van der Waals surface area (Å²) in [7, 11) is 0. The average molecular weight is 184 g/mol. The van der Waals surface area contributed by atoms with E-state index in [1.807, 2.05) is 20.8 Å². The van der Waals surface area contributed by atoms with Crippen LogP contribution in [0, 0.1) is 0 Å². The monoisotopic (exact) mass is 184 g/mol. The Morgan fingerprint density at radius 1 is 1.54 bits per heavy atom. The van der Waals surface area contributed by atoms with Gasteiger partial charge in [-0.05, 0) is 20.8 Å². The van der Waals surface area contributed by atoms with Crippen LogP contribution in [-0.2, 0) is 4.74 Å². The molecule has 13 heavy (non-hydrogen) atoms. The Balaban J connectivity index is 1.85. The van der Waals surface area contributed by atoms with Gasteiger partial charge in [-0.3, -0.25) is 0 Å². The number of hydrogen-bond acceptors (Lipinski definition) is 3. The lowest BCUT2D eigenvalue weighted by Crippen LogP contribution is -2.78. The second-order valence-corrected chi connectivity index (χ2v) is 4.71. The summed E-state index contributed by atoms with van der Waals surface area (Å²) in [5.74, 6) is 0. The number of amides is 1. The van der Waals surface area contributed by atoms with Crippen LogP contribution in [0.5, 0.6) is 0 Å². The Hall–Kier alpha value is -0.770. The molecule has 4 nitrogen and oxygen atoms in total. The smallest absolute Gasteiger partial charge is 0.410 e. The van der Waals surface area contributed by atoms with Gasteiger partial charge in [-0.25, -0.2) is 4.79 Å². The van der Waals surface area contributed by atoms with Gasteiger partial charge in [0, 0.05) is 19.1 Å². The number of rotatable bonds is 0. The van der Waals surface area contributed by atoms with Gasteiger partial charge >= 0.3 is 6.09 Å². The zero-order valence-electron chi connectivity index (χ0n) is 8.33. The molecule has 2 aliphatic rings. The van der Waals surface area contributed by atoms with E-state index in [0.29, 0.717) is 12.1 Å². The van der Waals surface area contributed by atoms with Crippen molar-refractivity contribution in [3.8, 4) is 0 Å². The Bertz CT molecular complexity index is 234. The van der Waals surface area contributed by atoms with Crippen molar-refractivity contribution in [1.29, 1.82) is 0 Å². The number of piperazine rings is 1. The van der Waals surface area contributed by atoms with Crippen LogP contribution in [0.3, 0.4) is 0 Å². The van der Waals surface area contributed by atoms with Crippen molar-refractivity contribution >= 4 is 6.09 Å². The van der Waals surface area contributed by atoms with Crippen LogP contribution >= 0.6 is 0 Å². The summed E-state index contributed by atoms with van der Waals surface area (Å²) in [4.78, 5) is 13.3. The van der Waals surface area contributed by atoms with Crippen molar-refractivity contribution in [3.05, 3.63) is 0 Å². The van der Waals surface area contributed by atoms with Crippen LogP contribution in [-0.4, -0.2) is 41.8 Å². The maximum Gasteiger partial charge on any atom is 0.410 e. The molecule has 0 aromatic rings. The van der Waals surface area contributed by atoms with Crippen LogP contribution in [0.4, 0.5) is 4.79 Å². The van der Waals surface area contributed by atoms with Crippen LogP contribution in [0.15, 0.2) is 0 Å². The zero-order valence-corrected chi connectivity index (χ0v) is 8.33. The first-order chi connectivity index (χ1) is 5.97. The molecule has 2 saturated heterocycles. The second-order valence-electron chi connectivity index (χ2n) is 4.71. The van der Waals surface area contributed by atoms with Gasteiger partial charge in [0.25, 0.3) is 0 Å². The van der Waals surface area contributed by atoms with Gasteiger partial charge in [-0.1, -0.05) is 0 Å². The number of carbonyl (C=O) groups excluding carboxylic acids is 1. The molecule has 0 aromatic heterocycles. The molecule has 1 unspecified atom stereocenters. The number of fused-ring (bicyclic) bond motifs is 1. The highest BCUT2D eigenvalue weighted by molar-refractivity contribution is 5.70. The molecule has 0 aromatic carbocycles. The summed E-state index contributed by atoms with van der Waals surface area (Å²) >= 11 is 0. The van der Waals surface area contributed by atoms with Crippen LogP contribution in [0.2, 0.25) is 0 Å². The highest BCUT2D eigenvalue weighted by atomic mass is 16.6. The number of carbonyl (C=O) groups is 1. The Kier molecular flexibility index (Phi) is 1.77. The molecule has 2 fully saturated rings. The minimum atomic E-state index is -0.376. The minimum absolute atomic E-state index is 0.171. The quantitative estimate of drug-likeness (QED) is 0.598. The van der Waals surface area contributed by atoms with Gasteiger partial charge in [0.15, 0.2) is 0 Å². The highest BCUT2D eigenvalue weighted by Gasteiger charge is 2.49. The highest BCUT2D eigenvalue weighted by Crippen LogP contribution is 2.26. The minimum Gasteiger partial charge on any atom is -0.444 e. The normalized spacial score (nSPS) is 31.5. The maximum atomic E-state index is 11.5. The molecule has 0 spiro atoms. The first-order valence-electron chi connectivity index (χ1n) is 4.70. The number of nitrogens with one attached hydrogen (secondary N) is 1. The predicted octanol–water partition coefficient (Wildman–Crippen LogP) is 0.577. The fourth-order valence-corrected chi connectivity index (χ4v) is 1.64. The lowest BCUT2D eigenvalue weighted by Gasteiger charge is -2.55. The molecule has 0 radical (unpaired) electrons. The van der Waals surface area contributed by atoms with E-state index in [1.165, 1.54) is 0 Å². The SMILES string of the molecule is CC(C)(C)OC(=O)N1C[C@@H]2NCC21. The number of ether oxygens (including phenoxy) is 1. The van der Waals surface area contributed by atoms with E-state index < -0.39 is 0 Å². The van der Waals surface area contributed by atoms with Crippen molar-refractivity contribution in [2.45, 2.75) is 38.5 Å². The number of likely N-dealkylation sites (tertiary alicyclic amines) is 1. The first-order valence-corrected chi connectivity index (χ1v) is 4.70. The van der Waals surface area contributed by atoms with Gasteiger partial charge < -0.3 is 15.0 Å². The van der Waals surface area contributed by atoms with Crippen LogP contribution in [0.25, 0.3) is 0 Å². The molecule has 0 saturated carbocycles. The van der Waals surface area contributed by atoms with Crippen LogP contribution in [0.1, 0.15) is 20.8 Å². The predicted molar refractivity (Wildman–Crippen MR) is 48.5 cm³/mol. The standard InChI is InChI=1S/C9H16N2O2/c1-9(2,3)13-8(12)11-5-6-7(11)4-10-6/h6-7,10H,4-5H2,1-3H3/t6-,7?/m0/s1. The van der Waals surface area contributed by atoms with E-state index >= 15 is 0 Å². The van der Waals surface area contributed by atoms with Crippen molar-refractivity contribution in [1.82, 2.24) is 10.2 Å². The fourth-order valence-electron chi connectivity index (χ4n) is 1.64. The summed E-state index contributed by atoms with van der Waals surface area (Å²) in [5.41, 5.74) is -0.376. The summed E-state index contributed by atoms with van der Waals surface area (Å²) in [6, 6.07) is 0.933. The van der Waals surface area contributed by atoms with Crippen LogP contribution < -0.4 is 5.32 Å². The Morgan fingerprint density at radius 2 is 2.23 bits per heavy atom. The fraction of sp³-hybridized carbons (Fsp3) is 0.889. The average Bonchev–Trinajstić information content (AvgIpc) is 1.91. The third-order valence-electron chi connectivity index (χ3n) is 2.48. The first kappa shape index (κ1) is 8.81. The lowest BCUT2D eigenvalue weighted by atomic mass is 9.89. The number of hydrogen-bond donors (Lipinski definition) is 1. The Labute approximate surface area is 78.2 Å². The summed E-state index contributed by atoms with van der Waals surface area (Å²) in [5, 5.41) is 3.24. The molecular weight excluding hydrogens is 168 g/mol. The van der Waals surface area contributed by atoms with Gasteiger partial charge in [-0.2, -0.15) is 0 Å². The molecule has 1 amide bonds. The molecule has 2 heterocycles. The van der Waals surface area contributed by atoms with Crippen molar-refractivity contribution in [2.75, 3.05) is 13.1 Å². The molecule has 2 rings (SSSR count). The number of nitrogens with zero attached hydrogens (tertiary/aromatic N) is 1. The molecule has 74 valence electrons. The summed E-state index contributed by atoms with van der Waals surface area (Å²) < 4.78 is 5.25. The molecule has 0 bridgehead atoms. The molecule has 0 aliphatic carbocycles.